The summed E-state index contributed by atoms with van der Waals surface area (Å²) in [5.41, 5.74) is 0.993. The van der Waals surface area contributed by atoms with Crippen molar-refractivity contribution in [3.05, 3.63) is 46.0 Å². The number of hydrogen-bond donors (Lipinski definition) is 0. The van der Waals surface area contributed by atoms with Gasteiger partial charge in [-0.3, -0.25) is 14.5 Å². The van der Waals surface area contributed by atoms with Crippen LogP contribution in [0.15, 0.2) is 40.4 Å². The summed E-state index contributed by atoms with van der Waals surface area (Å²) in [4.78, 5) is 23.7. The molecular weight excluding hydrogens is 463 g/mol. The van der Waals surface area contributed by atoms with Crippen LogP contribution in [0.1, 0.15) is 5.56 Å². The maximum Gasteiger partial charge on any atom is 0.235 e. The normalized spacial score (nSPS) is 37.7. The molecule has 26 heavy (non-hydrogen) atoms. The van der Waals surface area contributed by atoms with Gasteiger partial charge < -0.3 is 0 Å². The van der Waals surface area contributed by atoms with E-state index in [0.29, 0.717) is 6.42 Å². The van der Waals surface area contributed by atoms with E-state index < -0.39 is 37.7 Å². The van der Waals surface area contributed by atoms with Gasteiger partial charge >= 0.3 is 0 Å². The standard InChI is InChI=1S/C17H11Cl6NO2/c18-11-12(19)16(21)10-9(15(11,20)17(16,22)23)13(25)24(14(10)26)7-6-8-4-2-1-3-5-8/h1-5,9-10H,6-7H2/t9-,10+,15+,16-. The zero-order valence-corrected chi connectivity index (χ0v) is 17.5. The minimum Gasteiger partial charge on any atom is -0.282 e. The molecule has 2 bridgehead atoms. The van der Waals surface area contributed by atoms with Crippen LogP contribution in [0.2, 0.25) is 0 Å². The van der Waals surface area contributed by atoms with Crippen LogP contribution in [0.3, 0.4) is 0 Å². The summed E-state index contributed by atoms with van der Waals surface area (Å²) in [5, 5.41) is -0.152. The highest BCUT2D eigenvalue weighted by Crippen LogP contribution is 2.77. The van der Waals surface area contributed by atoms with Gasteiger partial charge in [-0.25, -0.2) is 0 Å². The molecule has 2 amide bonds. The molecule has 9 heteroatoms. The molecule has 1 heterocycles. The minimum atomic E-state index is -1.89. The van der Waals surface area contributed by atoms with E-state index in [-0.39, 0.29) is 16.6 Å². The molecule has 2 aliphatic carbocycles. The second-order valence-electron chi connectivity index (χ2n) is 6.64. The number of amides is 2. The van der Waals surface area contributed by atoms with Crippen LogP contribution in [0, 0.1) is 11.8 Å². The zero-order chi connectivity index (χ0) is 19.1. The maximum atomic E-state index is 13.0. The van der Waals surface area contributed by atoms with E-state index in [9.17, 15) is 9.59 Å². The molecule has 0 unspecified atom stereocenters. The molecule has 1 aromatic rings. The molecule has 3 nitrogen and oxygen atoms in total. The summed E-state index contributed by atoms with van der Waals surface area (Å²) in [6, 6.07) is 9.50. The number of rotatable bonds is 3. The molecule has 138 valence electrons. The van der Waals surface area contributed by atoms with Crippen LogP contribution >= 0.6 is 69.6 Å². The van der Waals surface area contributed by atoms with E-state index in [4.69, 9.17) is 69.6 Å². The Morgan fingerprint density at radius 3 is 1.77 bits per heavy atom. The first kappa shape index (κ1) is 19.2. The number of fused-ring (bicyclic) bond motifs is 5. The highest BCUT2D eigenvalue weighted by molar-refractivity contribution is 6.66. The van der Waals surface area contributed by atoms with Gasteiger partial charge in [0.2, 0.25) is 11.8 Å². The van der Waals surface area contributed by atoms with Crippen LogP contribution in [-0.4, -0.2) is 37.3 Å². The van der Waals surface area contributed by atoms with Crippen LogP contribution < -0.4 is 0 Å². The molecule has 1 saturated carbocycles. The Kier molecular flexibility index (Phi) is 4.36. The van der Waals surface area contributed by atoms with Gasteiger partial charge in [-0.1, -0.05) is 76.7 Å². The van der Waals surface area contributed by atoms with E-state index in [1.54, 1.807) is 0 Å². The Morgan fingerprint density at radius 2 is 1.31 bits per heavy atom. The SMILES string of the molecule is O=C1[C@@H]2[C@H](C(=O)N1CCc1ccccc1)[C@]1(Cl)C(Cl)=C(Cl)[C@@]2(Cl)C1(Cl)Cl. The second kappa shape index (κ2) is 5.92. The van der Waals surface area contributed by atoms with E-state index in [1.807, 2.05) is 30.3 Å². The molecular formula is C17H11Cl6NO2. The van der Waals surface area contributed by atoms with Crippen LogP contribution in [0.4, 0.5) is 0 Å². The lowest BCUT2D eigenvalue weighted by molar-refractivity contribution is -0.140. The minimum absolute atomic E-state index is 0.0758. The van der Waals surface area contributed by atoms with Crippen molar-refractivity contribution < 1.29 is 9.59 Å². The van der Waals surface area contributed by atoms with Gasteiger partial charge in [-0.05, 0) is 12.0 Å². The summed E-state index contributed by atoms with van der Waals surface area (Å²) in [7, 11) is 0. The summed E-state index contributed by atoms with van der Waals surface area (Å²) in [6.45, 7) is 0.196. The van der Waals surface area contributed by atoms with Crippen LogP contribution in [0.5, 0.6) is 0 Å². The van der Waals surface area contributed by atoms with Crippen molar-refractivity contribution in [3.63, 3.8) is 0 Å². The van der Waals surface area contributed by atoms with Crippen molar-refractivity contribution in [2.24, 2.45) is 11.8 Å². The lowest BCUT2D eigenvalue weighted by Gasteiger charge is -2.34. The molecule has 0 radical (unpaired) electrons. The molecule has 2 fully saturated rings. The van der Waals surface area contributed by atoms with E-state index >= 15 is 0 Å². The molecule has 4 atom stereocenters. The molecule has 0 aromatic heterocycles. The average Bonchev–Trinajstić information content (AvgIpc) is 2.99. The molecule has 1 saturated heterocycles. The highest BCUT2D eigenvalue weighted by Gasteiger charge is 2.87. The number of benzene rings is 1. The lowest BCUT2D eigenvalue weighted by Crippen LogP contribution is -2.50. The lowest BCUT2D eigenvalue weighted by atomic mass is 9.84. The third-order valence-corrected chi connectivity index (χ3v) is 9.73. The molecule has 1 aromatic carbocycles. The first-order chi connectivity index (χ1) is 12.1. The summed E-state index contributed by atoms with van der Waals surface area (Å²) in [5.74, 6) is -3.09. The summed E-state index contributed by atoms with van der Waals surface area (Å²) < 4.78 is -1.89. The number of carbonyl (C=O) groups is 2. The van der Waals surface area contributed by atoms with E-state index in [1.165, 1.54) is 0 Å². The number of allylic oxidation sites excluding steroid dienone is 2. The molecule has 3 aliphatic rings. The monoisotopic (exact) mass is 471 g/mol. The third-order valence-electron chi connectivity index (χ3n) is 5.47. The number of likely N-dealkylation sites (tertiary alicyclic amines) is 1. The van der Waals surface area contributed by atoms with Crippen molar-refractivity contribution in [2.45, 2.75) is 20.5 Å². The molecule has 4 rings (SSSR count). The van der Waals surface area contributed by atoms with Crippen molar-refractivity contribution in [2.75, 3.05) is 6.54 Å². The summed E-state index contributed by atoms with van der Waals surface area (Å²) in [6.07, 6.45) is 0.504. The smallest absolute Gasteiger partial charge is 0.235 e. The van der Waals surface area contributed by atoms with Crippen LogP contribution in [0.25, 0.3) is 0 Å². The number of hydrogen-bond acceptors (Lipinski definition) is 2. The maximum absolute atomic E-state index is 13.0. The fourth-order valence-electron chi connectivity index (χ4n) is 4.16. The predicted octanol–water partition coefficient (Wildman–Crippen LogP) is 4.68. The first-order valence-electron chi connectivity index (χ1n) is 7.81. The van der Waals surface area contributed by atoms with Gasteiger partial charge in [0.05, 0.1) is 21.9 Å². The van der Waals surface area contributed by atoms with Crippen molar-refractivity contribution >= 4 is 81.4 Å². The number of imide groups is 1. The molecule has 0 spiro atoms. The van der Waals surface area contributed by atoms with Gasteiger partial charge in [0.25, 0.3) is 0 Å². The van der Waals surface area contributed by atoms with Crippen molar-refractivity contribution in [1.29, 1.82) is 0 Å². The van der Waals surface area contributed by atoms with Gasteiger partial charge in [-0.15, -0.1) is 23.2 Å². The Bertz CT molecular complexity index is 810. The van der Waals surface area contributed by atoms with E-state index in [0.717, 1.165) is 10.5 Å². The van der Waals surface area contributed by atoms with Crippen molar-refractivity contribution in [3.8, 4) is 0 Å². The van der Waals surface area contributed by atoms with Crippen molar-refractivity contribution in [1.82, 2.24) is 4.90 Å². The fraction of sp³-hybridized carbons (Fsp3) is 0.412. The highest BCUT2D eigenvalue weighted by atomic mass is 35.5. The summed E-state index contributed by atoms with van der Waals surface area (Å²) >= 11 is 38.6. The van der Waals surface area contributed by atoms with Crippen LogP contribution in [-0.2, 0) is 16.0 Å². The Labute approximate surface area is 180 Å². The number of alkyl halides is 4. The first-order valence-corrected chi connectivity index (χ1v) is 10.1. The third kappa shape index (κ3) is 2.00. The van der Waals surface area contributed by atoms with Gasteiger partial charge in [0.15, 0.2) is 4.33 Å². The topological polar surface area (TPSA) is 37.4 Å². The Balaban J connectivity index is 1.70. The molecule has 1 aliphatic heterocycles. The zero-order valence-electron chi connectivity index (χ0n) is 13.0. The Morgan fingerprint density at radius 1 is 0.846 bits per heavy atom. The Hall–Kier alpha value is -0.160. The van der Waals surface area contributed by atoms with Gasteiger partial charge in [0, 0.05) is 6.54 Å². The largest absolute Gasteiger partial charge is 0.282 e. The average molecular weight is 474 g/mol. The van der Waals surface area contributed by atoms with Gasteiger partial charge in [0.1, 0.15) is 9.75 Å². The fourth-order valence-corrected chi connectivity index (χ4v) is 7.09. The molecule has 0 N–H and O–H groups in total. The quantitative estimate of drug-likeness (QED) is 0.472. The predicted molar refractivity (Wildman–Crippen MR) is 104 cm³/mol. The second-order valence-corrected chi connectivity index (χ2v) is 9.92. The number of halogens is 6. The van der Waals surface area contributed by atoms with E-state index in [2.05, 4.69) is 0 Å². The number of carbonyl (C=O) groups excluding carboxylic acids is 2. The van der Waals surface area contributed by atoms with Gasteiger partial charge in [-0.2, -0.15) is 0 Å². The number of nitrogens with zero attached hydrogens (tertiary/aromatic N) is 1.